The molecule has 204 valence electrons. The van der Waals surface area contributed by atoms with E-state index in [0.717, 1.165) is 22.3 Å². The molecular weight excluding hydrogens is 486 g/mol. The van der Waals surface area contributed by atoms with Crippen LogP contribution in [0.25, 0.3) is 11.1 Å². The first kappa shape index (κ1) is 28.7. The molecule has 0 bridgehead atoms. The van der Waals surface area contributed by atoms with E-state index in [4.69, 9.17) is 9.47 Å². The lowest BCUT2D eigenvalue weighted by Crippen LogP contribution is -2.53. The van der Waals surface area contributed by atoms with Crippen LogP contribution in [0.4, 0.5) is 4.79 Å². The van der Waals surface area contributed by atoms with Gasteiger partial charge in [-0.3, -0.25) is 14.4 Å². The van der Waals surface area contributed by atoms with E-state index in [2.05, 4.69) is 28.1 Å². The van der Waals surface area contributed by atoms with Crippen molar-refractivity contribution in [3.05, 3.63) is 59.7 Å². The van der Waals surface area contributed by atoms with Crippen LogP contribution in [0.2, 0.25) is 0 Å². The second-order valence-corrected chi connectivity index (χ2v) is 10.3. The van der Waals surface area contributed by atoms with E-state index >= 15 is 0 Å². The third kappa shape index (κ3) is 7.57. The molecule has 0 spiro atoms. The number of likely N-dealkylation sites (N-methyl/N-ethyl adjacent to an activating group) is 1. The third-order valence-electron chi connectivity index (χ3n) is 6.11. The van der Waals surface area contributed by atoms with Crippen molar-refractivity contribution in [2.75, 3.05) is 13.2 Å². The molecule has 0 radical (unpaired) electrons. The lowest BCUT2D eigenvalue weighted by atomic mass is 9.98. The van der Waals surface area contributed by atoms with Crippen molar-refractivity contribution < 1.29 is 28.7 Å². The Kier molecular flexibility index (Phi) is 9.50. The first-order valence-electron chi connectivity index (χ1n) is 12.9. The Hall–Kier alpha value is -3.88. The Labute approximate surface area is 223 Å². The van der Waals surface area contributed by atoms with Gasteiger partial charge in [0, 0.05) is 18.9 Å². The van der Waals surface area contributed by atoms with Crippen molar-refractivity contribution in [2.45, 2.75) is 71.1 Å². The molecule has 2 aromatic rings. The number of nitrogens with one attached hydrogen (secondary N) is 3. The van der Waals surface area contributed by atoms with Crippen LogP contribution < -0.4 is 16.0 Å². The van der Waals surface area contributed by atoms with Gasteiger partial charge in [-0.2, -0.15) is 0 Å². The van der Waals surface area contributed by atoms with Crippen molar-refractivity contribution in [1.29, 1.82) is 0 Å². The second kappa shape index (κ2) is 12.6. The number of fused-ring (bicyclic) bond motifs is 3. The number of alkyl carbamates (subject to hydrolysis) is 1. The van der Waals surface area contributed by atoms with Crippen LogP contribution in [0, 0.1) is 0 Å². The highest BCUT2D eigenvalue weighted by atomic mass is 16.6. The lowest BCUT2D eigenvalue weighted by molar-refractivity contribution is -0.155. The number of hydrogen-bond donors (Lipinski definition) is 3. The predicted octanol–water partition coefficient (Wildman–Crippen LogP) is 3.66. The SMILES string of the molecule is CCNC(=O)[C@H](CCC(=O)OC(C)(C)C)NC(=O)[C@H](C)NC(=O)OCC1c2ccccc2-c2ccccc21. The topological polar surface area (TPSA) is 123 Å². The molecule has 9 heteroatoms. The largest absolute Gasteiger partial charge is 0.460 e. The number of ether oxygens (including phenoxy) is 2. The zero-order valence-electron chi connectivity index (χ0n) is 22.6. The van der Waals surface area contributed by atoms with Crippen molar-refractivity contribution in [1.82, 2.24) is 16.0 Å². The maximum absolute atomic E-state index is 12.8. The number of amides is 3. The Balaban J connectivity index is 1.55. The Morgan fingerprint density at radius 3 is 2.03 bits per heavy atom. The number of benzene rings is 2. The zero-order chi connectivity index (χ0) is 27.9. The second-order valence-electron chi connectivity index (χ2n) is 10.3. The maximum Gasteiger partial charge on any atom is 0.407 e. The molecule has 9 nitrogen and oxygen atoms in total. The molecular formula is C29H37N3O6. The van der Waals surface area contributed by atoms with Crippen molar-refractivity contribution in [2.24, 2.45) is 0 Å². The van der Waals surface area contributed by atoms with Crippen molar-refractivity contribution in [3.63, 3.8) is 0 Å². The molecule has 0 saturated heterocycles. The highest BCUT2D eigenvalue weighted by Gasteiger charge is 2.30. The van der Waals surface area contributed by atoms with Gasteiger partial charge in [-0.1, -0.05) is 48.5 Å². The molecule has 3 amide bonds. The van der Waals surface area contributed by atoms with E-state index in [1.54, 1.807) is 27.7 Å². The van der Waals surface area contributed by atoms with Gasteiger partial charge in [0.15, 0.2) is 0 Å². The Bertz CT molecular complexity index is 1130. The van der Waals surface area contributed by atoms with E-state index in [1.807, 2.05) is 36.4 Å². The van der Waals surface area contributed by atoms with Crippen LogP contribution in [-0.4, -0.2) is 54.7 Å². The molecule has 2 aromatic carbocycles. The predicted molar refractivity (Wildman–Crippen MR) is 143 cm³/mol. The number of rotatable bonds is 10. The minimum absolute atomic E-state index is 0.0481. The molecule has 3 N–H and O–H groups in total. The van der Waals surface area contributed by atoms with Gasteiger partial charge < -0.3 is 25.4 Å². The number of carbonyl (C=O) groups excluding carboxylic acids is 4. The monoisotopic (exact) mass is 523 g/mol. The number of hydrogen-bond acceptors (Lipinski definition) is 6. The molecule has 38 heavy (non-hydrogen) atoms. The summed E-state index contributed by atoms with van der Waals surface area (Å²) in [5, 5.41) is 7.80. The Morgan fingerprint density at radius 2 is 1.47 bits per heavy atom. The van der Waals surface area contributed by atoms with E-state index in [-0.39, 0.29) is 25.4 Å². The van der Waals surface area contributed by atoms with Crippen LogP contribution in [0.1, 0.15) is 64.5 Å². The fraction of sp³-hybridized carbons (Fsp3) is 0.448. The number of carbonyl (C=O) groups is 4. The molecule has 1 aliphatic rings. The minimum atomic E-state index is -0.968. The van der Waals surface area contributed by atoms with E-state index in [0.29, 0.717) is 6.54 Å². The van der Waals surface area contributed by atoms with Crippen LogP contribution >= 0.6 is 0 Å². The van der Waals surface area contributed by atoms with Gasteiger partial charge >= 0.3 is 12.1 Å². The van der Waals surface area contributed by atoms with Gasteiger partial charge in [0.1, 0.15) is 24.3 Å². The molecule has 0 unspecified atom stereocenters. The first-order chi connectivity index (χ1) is 18.0. The summed E-state index contributed by atoms with van der Waals surface area (Å²) < 4.78 is 10.8. The van der Waals surface area contributed by atoms with Crippen LogP contribution in [0.15, 0.2) is 48.5 Å². The number of esters is 1. The zero-order valence-corrected chi connectivity index (χ0v) is 22.6. The summed E-state index contributed by atoms with van der Waals surface area (Å²) in [6.07, 6.45) is -0.727. The van der Waals surface area contributed by atoms with Gasteiger partial charge in [0.25, 0.3) is 0 Å². The van der Waals surface area contributed by atoms with Gasteiger partial charge in [0.05, 0.1) is 0 Å². The summed E-state index contributed by atoms with van der Waals surface area (Å²) >= 11 is 0. The van der Waals surface area contributed by atoms with Crippen molar-refractivity contribution >= 4 is 23.9 Å². The molecule has 0 aliphatic heterocycles. The van der Waals surface area contributed by atoms with Crippen LogP contribution in [0.3, 0.4) is 0 Å². The first-order valence-corrected chi connectivity index (χ1v) is 12.9. The smallest absolute Gasteiger partial charge is 0.407 e. The standard InChI is InChI=1S/C29H37N3O6/c1-6-30-27(35)24(15-16-25(33)38-29(3,4)5)32-26(34)18(2)31-28(36)37-17-23-21-13-9-7-11-19(21)20-12-8-10-14-22(20)23/h7-14,18,23-24H,6,15-17H2,1-5H3,(H,30,35)(H,31,36)(H,32,34)/t18-,24-/m0/s1. The normalized spacial score (nSPS) is 13.9. The molecule has 3 rings (SSSR count). The molecule has 0 aromatic heterocycles. The van der Waals surface area contributed by atoms with E-state index < -0.39 is 41.6 Å². The maximum atomic E-state index is 12.8. The van der Waals surface area contributed by atoms with Crippen molar-refractivity contribution in [3.8, 4) is 11.1 Å². The van der Waals surface area contributed by atoms with Gasteiger partial charge in [-0.05, 0) is 63.3 Å². The quantitative estimate of drug-likeness (QED) is 0.409. The highest BCUT2D eigenvalue weighted by molar-refractivity contribution is 5.91. The Morgan fingerprint density at radius 1 is 0.895 bits per heavy atom. The fourth-order valence-corrected chi connectivity index (χ4v) is 4.40. The summed E-state index contributed by atoms with van der Waals surface area (Å²) in [6.45, 7) is 9.00. The van der Waals surface area contributed by atoms with E-state index in [9.17, 15) is 19.2 Å². The molecule has 1 aliphatic carbocycles. The minimum Gasteiger partial charge on any atom is -0.460 e. The molecule has 2 atom stereocenters. The summed E-state index contributed by atoms with van der Waals surface area (Å²) in [7, 11) is 0. The summed E-state index contributed by atoms with van der Waals surface area (Å²) in [5.74, 6) is -1.56. The van der Waals surface area contributed by atoms with Crippen LogP contribution in [-0.2, 0) is 23.9 Å². The lowest BCUT2D eigenvalue weighted by Gasteiger charge is -2.23. The summed E-state index contributed by atoms with van der Waals surface area (Å²) in [4.78, 5) is 49.9. The van der Waals surface area contributed by atoms with E-state index in [1.165, 1.54) is 6.92 Å². The average molecular weight is 524 g/mol. The third-order valence-corrected chi connectivity index (χ3v) is 6.11. The highest BCUT2D eigenvalue weighted by Crippen LogP contribution is 2.44. The summed E-state index contributed by atoms with van der Waals surface area (Å²) in [6, 6.07) is 14.1. The summed E-state index contributed by atoms with van der Waals surface area (Å²) in [5.41, 5.74) is 3.76. The molecule has 0 heterocycles. The van der Waals surface area contributed by atoms with Crippen LogP contribution in [0.5, 0.6) is 0 Å². The van der Waals surface area contributed by atoms with Gasteiger partial charge in [-0.15, -0.1) is 0 Å². The van der Waals surface area contributed by atoms with Gasteiger partial charge in [0.2, 0.25) is 11.8 Å². The molecule has 0 saturated carbocycles. The van der Waals surface area contributed by atoms with Gasteiger partial charge in [-0.25, -0.2) is 4.79 Å². The fourth-order valence-electron chi connectivity index (χ4n) is 4.40. The average Bonchev–Trinajstić information content (AvgIpc) is 3.17. The molecule has 0 fully saturated rings.